The van der Waals surface area contributed by atoms with E-state index in [2.05, 4.69) is 245 Å². The average Bonchev–Trinajstić information content (AvgIpc) is 3.18. The molecule has 0 saturated carbocycles. The van der Waals surface area contributed by atoms with Crippen molar-refractivity contribution >= 4 is 48.7 Å². The van der Waals surface area contributed by atoms with E-state index in [9.17, 15) is 0 Å². The summed E-state index contributed by atoms with van der Waals surface area (Å²) in [4.78, 5) is 0. The van der Waals surface area contributed by atoms with Gasteiger partial charge in [0.05, 0.1) is 0 Å². The van der Waals surface area contributed by atoms with Crippen molar-refractivity contribution in [3.63, 3.8) is 0 Å². The van der Waals surface area contributed by atoms with Gasteiger partial charge in [-0.15, -0.1) is 0 Å². The van der Waals surface area contributed by atoms with Gasteiger partial charge in [0.1, 0.15) is 0 Å². The first-order chi connectivity index (χ1) is 26.6. The summed E-state index contributed by atoms with van der Waals surface area (Å²) in [6.07, 6.45) is 14.3. The van der Waals surface area contributed by atoms with Crippen LogP contribution in [0.15, 0.2) is 241 Å². The molecule has 0 bridgehead atoms. The van der Waals surface area contributed by atoms with Gasteiger partial charge >= 0.3 is 0 Å². The van der Waals surface area contributed by atoms with Gasteiger partial charge in [-0.1, -0.05) is 224 Å². The van der Waals surface area contributed by atoms with E-state index >= 15 is 0 Å². The second-order valence-electron chi connectivity index (χ2n) is 13.2. The molecule has 54 heavy (non-hydrogen) atoms. The van der Waals surface area contributed by atoms with E-state index < -0.39 is 0 Å². The summed E-state index contributed by atoms with van der Waals surface area (Å²) < 4.78 is 0. The summed E-state index contributed by atoms with van der Waals surface area (Å²) in [6, 6.07) is 66.9. The molecule has 6 rings (SSSR count). The monoisotopic (exact) mass is 696 g/mol. The standard InChI is InChI=1S/C54H48/c1-4-22-51-41-54(43(5-2)36-21-23-42(51)3)49-31-8-6-7-24-44-25-11-12-30-47-39-40-50-35-18-20-38-53(50)52-37-19-17-33-48(52)32-15-13-29-46(47)28-10-9-26-45(44)27-14-16-34-49/h4-22,24-41H,23H2,1-3H3/b7-6?,8-6?,10-9?,12-11?,15-13?,16-14?,22-4-,24-7?,25-11?,26-9?,27-14?,28-10?,29-13?,30-12?,31-8?,32-15?,34-16?,36-21-,40-39?,43-5+,44-24?,44-25?,45-26?,45-27?,45-44?,46-28?,46-29?,47-30?,47-39?,47-46?,48-32?,49-31?,49-34?,50-40?,51-42-,53-52?,54-41+. The second-order valence-corrected chi connectivity index (χ2v) is 13.2. The van der Waals surface area contributed by atoms with Gasteiger partial charge in [0.2, 0.25) is 0 Å². The van der Waals surface area contributed by atoms with Crippen molar-refractivity contribution in [1.82, 2.24) is 0 Å². The smallest absolute Gasteiger partial charge is 0.0105 e. The van der Waals surface area contributed by atoms with Crippen LogP contribution in [0.5, 0.6) is 0 Å². The first-order valence-corrected chi connectivity index (χ1v) is 18.8. The fraction of sp³-hybridized carbons (Fsp3) is 0.0741. The Morgan fingerprint density at radius 3 is 1.31 bits per heavy atom. The van der Waals surface area contributed by atoms with Crippen molar-refractivity contribution in [3.8, 4) is 0 Å². The number of fused-ring (bicyclic) bond motifs is 5. The van der Waals surface area contributed by atoms with Crippen LogP contribution in [-0.4, -0.2) is 0 Å². The minimum absolute atomic E-state index is 0.946. The van der Waals surface area contributed by atoms with Gasteiger partial charge in [-0.25, -0.2) is 0 Å². The van der Waals surface area contributed by atoms with Crippen molar-refractivity contribution in [2.75, 3.05) is 0 Å². The highest BCUT2D eigenvalue weighted by molar-refractivity contribution is 6.05. The lowest BCUT2D eigenvalue weighted by Crippen LogP contribution is -1.93. The van der Waals surface area contributed by atoms with E-state index in [-0.39, 0.29) is 0 Å². The van der Waals surface area contributed by atoms with Crippen molar-refractivity contribution in [3.05, 3.63) is 247 Å². The third kappa shape index (κ3) is 9.88. The third-order valence-electron chi connectivity index (χ3n) is 9.54. The lowest BCUT2D eigenvalue weighted by Gasteiger charge is -2.14. The number of allylic oxidation sites excluding steroid dienone is 10. The largest absolute Gasteiger partial charge is 0.0871 e. The Bertz CT molecular complexity index is 2610. The average molecular weight is 697 g/mol. The normalized spacial score (nSPS) is 16.2. The van der Waals surface area contributed by atoms with Gasteiger partial charge in [0.25, 0.3) is 0 Å². The highest BCUT2D eigenvalue weighted by Crippen LogP contribution is 2.29. The molecule has 0 amide bonds. The van der Waals surface area contributed by atoms with Crippen LogP contribution in [0.3, 0.4) is 0 Å². The Morgan fingerprint density at radius 2 is 0.815 bits per heavy atom. The van der Waals surface area contributed by atoms with Crippen molar-refractivity contribution in [1.29, 1.82) is 0 Å². The fourth-order valence-electron chi connectivity index (χ4n) is 6.64. The molecule has 1 aliphatic rings. The molecule has 0 nitrogen and oxygen atoms in total. The molecule has 0 heteroatoms. The molecule has 0 aromatic heterocycles. The molecule has 1 aliphatic carbocycles. The van der Waals surface area contributed by atoms with Crippen LogP contribution in [-0.2, 0) is 0 Å². The van der Waals surface area contributed by atoms with E-state index in [4.69, 9.17) is 0 Å². The molecular formula is C54H48. The zero-order valence-corrected chi connectivity index (χ0v) is 31.6. The zero-order chi connectivity index (χ0) is 37.4. The topological polar surface area (TPSA) is 0 Å². The predicted octanol–water partition coefficient (Wildman–Crippen LogP) is 15.5. The first-order valence-electron chi connectivity index (χ1n) is 18.8. The lowest BCUT2D eigenvalue weighted by molar-refractivity contribution is 1.18. The van der Waals surface area contributed by atoms with Crippen molar-refractivity contribution < 1.29 is 0 Å². The summed E-state index contributed by atoms with van der Waals surface area (Å²) in [5.74, 6) is 0. The maximum atomic E-state index is 2.33. The van der Waals surface area contributed by atoms with Gasteiger partial charge in [0, 0.05) is 0 Å². The summed E-state index contributed by atoms with van der Waals surface area (Å²) in [7, 11) is 0. The lowest BCUT2D eigenvalue weighted by atomic mass is 9.91. The van der Waals surface area contributed by atoms with Gasteiger partial charge in [0.15, 0.2) is 0 Å². The number of rotatable bonds is 2. The summed E-state index contributed by atoms with van der Waals surface area (Å²) in [6.45, 7) is 6.41. The van der Waals surface area contributed by atoms with Crippen LogP contribution in [0.1, 0.15) is 32.8 Å². The minimum Gasteiger partial charge on any atom is -0.0871 e. The van der Waals surface area contributed by atoms with E-state index in [1.165, 1.54) is 43.8 Å². The molecule has 0 unspecified atom stereocenters. The third-order valence-corrected chi connectivity index (χ3v) is 9.54. The maximum absolute atomic E-state index is 2.33. The van der Waals surface area contributed by atoms with Gasteiger partial charge in [-0.2, -0.15) is 0 Å². The van der Waals surface area contributed by atoms with Crippen LogP contribution >= 0.6 is 0 Å². The Labute approximate surface area is 321 Å². The van der Waals surface area contributed by atoms with Gasteiger partial charge in [-0.3, -0.25) is 0 Å². The van der Waals surface area contributed by atoms with E-state index in [1.807, 2.05) is 0 Å². The highest BCUT2D eigenvalue weighted by atomic mass is 14.1. The molecule has 0 heterocycles. The van der Waals surface area contributed by atoms with Crippen LogP contribution in [0.25, 0.3) is 48.7 Å². The van der Waals surface area contributed by atoms with Crippen molar-refractivity contribution in [2.45, 2.75) is 27.2 Å². The van der Waals surface area contributed by atoms with E-state index in [0.29, 0.717) is 0 Å². The number of hydrogen-bond acceptors (Lipinski definition) is 0. The molecule has 0 aliphatic heterocycles. The highest BCUT2D eigenvalue weighted by Gasteiger charge is 2.08. The quantitative estimate of drug-likeness (QED) is 0.172. The molecule has 0 atom stereocenters. The summed E-state index contributed by atoms with van der Waals surface area (Å²) in [5, 5.41) is 9.30. The molecular weight excluding hydrogens is 649 g/mol. The Morgan fingerprint density at radius 1 is 0.426 bits per heavy atom. The van der Waals surface area contributed by atoms with Crippen LogP contribution in [0.2, 0.25) is 0 Å². The van der Waals surface area contributed by atoms with Gasteiger partial charge in [-0.05, 0) is 98.6 Å². The molecule has 5 aromatic rings. The van der Waals surface area contributed by atoms with Crippen LogP contribution < -0.4 is 0 Å². The number of hydrogen-bond donors (Lipinski definition) is 0. The molecule has 0 N–H and O–H groups in total. The molecule has 0 radical (unpaired) electrons. The number of benzene rings is 2. The molecule has 264 valence electrons. The van der Waals surface area contributed by atoms with Gasteiger partial charge < -0.3 is 0 Å². The predicted molar refractivity (Wildman–Crippen MR) is 239 cm³/mol. The first kappa shape index (κ1) is 37.3. The van der Waals surface area contributed by atoms with E-state index in [0.717, 1.165) is 33.5 Å². The van der Waals surface area contributed by atoms with Crippen molar-refractivity contribution in [2.24, 2.45) is 0 Å². The Hall–Kier alpha value is -6.50. The van der Waals surface area contributed by atoms with Crippen LogP contribution in [0, 0.1) is 0 Å². The molecule has 0 fully saturated rings. The van der Waals surface area contributed by atoms with Crippen LogP contribution in [0.4, 0.5) is 0 Å². The molecule has 0 saturated heterocycles. The Balaban J connectivity index is 1.52. The SMILES string of the molecule is C\C=C/C1=C(\C)C\C=C/C(=C\C)C(/c2cccccc3ccccc4ccc5ccccc5c5ccccc5ccccc4ccccc3cccc2)=C\1. The van der Waals surface area contributed by atoms with E-state index in [1.54, 1.807) is 0 Å². The summed E-state index contributed by atoms with van der Waals surface area (Å²) >= 11 is 0. The maximum Gasteiger partial charge on any atom is -0.0105 e. The second kappa shape index (κ2) is 19.4. The summed E-state index contributed by atoms with van der Waals surface area (Å²) in [5.41, 5.74) is 6.20. The molecule has 0 spiro atoms. The fourth-order valence-corrected chi connectivity index (χ4v) is 6.64. The molecule has 5 aromatic carbocycles. The zero-order valence-electron chi connectivity index (χ0n) is 31.6. The minimum atomic E-state index is 0.946. The Kier molecular flexibility index (Phi) is 13.4.